The quantitative estimate of drug-likeness (QED) is 0.347. The number of hydrogen-bond donors (Lipinski definition) is 1. The van der Waals surface area contributed by atoms with Crippen LogP contribution in [0.15, 0.2) is 90.0 Å². The molecule has 11 heteroatoms. The van der Waals surface area contributed by atoms with Crippen molar-refractivity contribution in [3.63, 3.8) is 0 Å². The minimum atomic E-state index is -0.621. The monoisotopic (exact) mass is 508 g/mol. The van der Waals surface area contributed by atoms with E-state index in [1.807, 2.05) is 60.7 Å². The normalized spacial score (nSPS) is 14.2. The van der Waals surface area contributed by atoms with Crippen LogP contribution >= 0.6 is 0 Å². The van der Waals surface area contributed by atoms with Crippen molar-refractivity contribution >= 4 is 42.5 Å². The van der Waals surface area contributed by atoms with Gasteiger partial charge < -0.3 is 0 Å². The fourth-order valence-corrected chi connectivity index (χ4v) is 3.84. The Bertz CT molecular complexity index is 1380. The summed E-state index contributed by atoms with van der Waals surface area (Å²) in [5, 5.41) is 12.6. The van der Waals surface area contributed by atoms with Gasteiger partial charge >= 0.3 is 147 Å². The molecule has 2 heterocycles. The van der Waals surface area contributed by atoms with Crippen molar-refractivity contribution in [3.8, 4) is 23.5 Å². The number of rotatable bonds is 8. The van der Waals surface area contributed by atoms with Crippen molar-refractivity contribution in [2.75, 3.05) is 5.32 Å². The molecular weight excluding hydrogens is 487 g/mol. The first kappa shape index (κ1) is 24.1. The van der Waals surface area contributed by atoms with Gasteiger partial charge in [0.1, 0.15) is 11.5 Å². The number of amides is 1. The van der Waals surface area contributed by atoms with Crippen LogP contribution in [0.3, 0.4) is 0 Å². The Labute approximate surface area is 218 Å². The Morgan fingerprint density at radius 1 is 0.892 bits per heavy atom. The number of hydrogen-bond acceptors (Lipinski definition) is 9. The van der Waals surface area contributed by atoms with Gasteiger partial charge in [0.05, 0.1) is 0 Å². The summed E-state index contributed by atoms with van der Waals surface area (Å²) in [6.45, 7) is 1.45. The molecule has 37 heavy (non-hydrogen) atoms. The van der Waals surface area contributed by atoms with E-state index in [0.717, 1.165) is 5.56 Å². The first-order valence-corrected chi connectivity index (χ1v) is 12.7. The van der Waals surface area contributed by atoms with Gasteiger partial charge in [0.15, 0.2) is 0 Å². The molecule has 5 rings (SSSR count). The first-order valence-electron chi connectivity index (χ1n) is 11.3. The van der Waals surface area contributed by atoms with E-state index in [4.69, 9.17) is 14.2 Å². The van der Waals surface area contributed by atoms with E-state index in [9.17, 15) is 4.79 Å². The van der Waals surface area contributed by atoms with Crippen molar-refractivity contribution in [3.05, 3.63) is 90.5 Å². The second kappa shape index (κ2) is 11.0. The van der Waals surface area contributed by atoms with E-state index >= 15 is 0 Å². The predicted octanol–water partition coefficient (Wildman–Crippen LogP) is 4.48. The molecule has 3 aromatic carbocycles. The van der Waals surface area contributed by atoms with Crippen LogP contribution in [0.1, 0.15) is 18.7 Å². The number of anilines is 2. The average molecular weight is 508 g/mol. The number of benzene rings is 3. The summed E-state index contributed by atoms with van der Waals surface area (Å²) in [6.07, 6.45) is -0.621. The standard InChI is InChI=1S/C25H19N6O4.CH2.Al/c1-17(32)31-22(33-16-26-31)18-12-14-19(15-13-18)27-23-28-24(34-20-8-4-2-5-9-20)30-25(29-23)35-21-10-6-3-7-11-21;;/h2-15,22H,1H3,(H,27,28,29,30);1H2;. The van der Waals surface area contributed by atoms with Crippen LogP contribution < -0.4 is 14.8 Å². The van der Waals surface area contributed by atoms with Crippen LogP contribution in [0.25, 0.3) is 0 Å². The molecule has 1 amide bonds. The van der Waals surface area contributed by atoms with Crippen LogP contribution in [-0.2, 0) is 9.53 Å². The molecule has 1 aliphatic heterocycles. The molecule has 1 unspecified atom stereocenters. The predicted molar refractivity (Wildman–Crippen MR) is 139 cm³/mol. The Morgan fingerprint density at radius 3 is 1.97 bits per heavy atom. The summed E-state index contributed by atoms with van der Waals surface area (Å²) in [4.78, 5) is 25.1. The molecule has 0 aliphatic carbocycles. The maximum atomic E-state index is 12.0. The number of carbonyl (C=O) groups is 1. The average Bonchev–Trinajstić information content (AvgIpc) is 3.35. The summed E-state index contributed by atoms with van der Waals surface area (Å²) in [5.74, 6) is 1.17. The van der Waals surface area contributed by atoms with Gasteiger partial charge in [-0.2, -0.15) is 0 Å². The van der Waals surface area contributed by atoms with Gasteiger partial charge in [0.25, 0.3) is 0 Å². The van der Waals surface area contributed by atoms with E-state index in [1.165, 1.54) is 11.9 Å². The molecule has 0 bridgehead atoms. The third-order valence-electron chi connectivity index (χ3n) is 5.11. The maximum absolute atomic E-state index is 12.0. The zero-order valence-electron chi connectivity index (χ0n) is 19.8. The fraction of sp³-hybridized carbons (Fsp3) is 0.0769. The fourth-order valence-electron chi connectivity index (χ4n) is 3.41. The van der Waals surface area contributed by atoms with Crippen LogP contribution in [0.4, 0.5) is 11.6 Å². The van der Waals surface area contributed by atoms with Crippen LogP contribution in [0.2, 0.25) is 0 Å². The number of nitrogens with zero attached hydrogens (tertiary/aromatic N) is 5. The molecule has 1 N–H and O–H groups in total. The topological polar surface area (TPSA) is 111 Å². The summed E-state index contributed by atoms with van der Waals surface area (Å²) in [7, 11) is 0. The Balaban J connectivity index is 1.38. The molecule has 1 aromatic heterocycles. The van der Waals surface area contributed by atoms with Gasteiger partial charge in [0.2, 0.25) is 0 Å². The van der Waals surface area contributed by atoms with Gasteiger partial charge in [-0.3, -0.25) is 0 Å². The summed E-state index contributed by atoms with van der Waals surface area (Å²) in [6, 6.07) is 25.9. The Kier molecular flexibility index (Phi) is 7.17. The van der Waals surface area contributed by atoms with Crippen LogP contribution in [0, 0.1) is 0 Å². The van der Waals surface area contributed by atoms with E-state index in [0.29, 0.717) is 21.9 Å². The van der Waals surface area contributed by atoms with E-state index in [2.05, 4.69) is 30.8 Å². The Morgan fingerprint density at radius 2 is 1.46 bits per heavy atom. The summed E-state index contributed by atoms with van der Waals surface area (Å²) < 4.78 is 18.0. The van der Waals surface area contributed by atoms with Crippen molar-refractivity contribution in [2.24, 2.45) is 5.10 Å². The SMILES string of the molecule is [CH2]=[Al][C]1=NN(C(C)=O)C(c2ccc(Nc3nc(Oc4ccccc4)nc(Oc4ccccc4)n3)cc2)O1. The zero-order valence-corrected chi connectivity index (χ0v) is 21.0. The number of ether oxygens (including phenoxy) is 3. The number of nitrogens with one attached hydrogen (secondary N) is 1. The second-order valence-electron chi connectivity index (χ2n) is 7.78. The number of aromatic nitrogens is 3. The molecule has 182 valence electrons. The molecule has 0 fully saturated rings. The van der Waals surface area contributed by atoms with Crippen LogP contribution in [-0.4, -0.2) is 50.8 Å². The van der Waals surface area contributed by atoms with Gasteiger partial charge in [-0.15, -0.1) is 0 Å². The molecule has 4 aromatic rings. The van der Waals surface area contributed by atoms with Gasteiger partial charge in [-0.25, -0.2) is 0 Å². The number of carbonyl (C=O) groups excluding carboxylic acids is 1. The third kappa shape index (κ3) is 5.98. The molecule has 0 spiro atoms. The summed E-state index contributed by atoms with van der Waals surface area (Å²) in [5.41, 5.74) is 1.46. The van der Waals surface area contributed by atoms with Gasteiger partial charge in [-0.1, -0.05) is 36.4 Å². The third-order valence-corrected chi connectivity index (χ3v) is 5.71. The van der Waals surface area contributed by atoms with E-state index < -0.39 is 21.0 Å². The molecule has 1 atom stereocenters. The van der Waals surface area contributed by atoms with Crippen LogP contribution in [0.5, 0.6) is 23.5 Å². The molecule has 1 aliphatic rings. The first-order chi connectivity index (χ1) is 18.1. The summed E-state index contributed by atoms with van der Waals surface area (Å²) >= 11 is -0.391. The van der Waals surface area contributed by atoms with Crippen molar-refractivity contribution < 1.29 is 19.0 Å². The van der Waals surface area contributed by atoms with E-state index in [1.54, 1.807) is 24.3 Å². The minimum absolute atomic E-state index is 0.0723. The van der Waals surface area contributed by atoms with Gasteiger partial charge in [0, 0.05) is 0 Å². The van der Waals surface area contributed by atoms with Gasteiger partial charge in [-0.05, 0) is 24.3 Å². The van der Waals surface area contributed by atoms with Crippen molar-refractivity contribution in [2.45, 2.75) is 13.2 Å². The molecular formula is C26H21AlN6O4. The van der Waals surface area contributed by atoms with Crippen molar-refractivity contribution in [1.82, 2.24) is 20.0 Å². The molecule has 0 radical (unpaired) electrons. The molecule has 10 nitrogen and oxygen atoms in total. The second-order valence-corrected chi connectivity index (χ2v) is 8.68. The Hall–Kier alpha value is -4.59. The number of hydrazone groups is 1. The van der Waals surface area contributed by atoms with Crippen molar-refractivity contribution in [1.29, 1.82) is 0 Å². The molecule has 0 saturated heterocycles. The van der Waals surface area contributed by atoms with E-state index in [-0.39, 0.29) is 23.9 Å². The zero-order chi connectivity index (χ0) is 25.6. The number of para-hydroxylation sites is 2. The molecule has 0 saturated carbocycles.